The van der Waals surface area contributed by atoms with Crippen molar-refractivity contribution in [1.29, 1.82) is 5.26 Å². The summed E-state index contributed by atoms with van der Waals surface area (Å²) in [6, 6.07) is 10.1. The van der Waals surface area contributed by atoms with Gasteiger partial charge in [-0.15, -0.1) is 0 Å². The molecule has 0 heterocycles. The van der Waals surface area contributed by atoms with Gasteiger partial charge in [-0.05, 0) is 37.5 Å². The fourth-order valence-corrected chi connectivity index (χ4v) is 1.61. The molecular formula is C16H24N4. The number of rotatable bonds is 5. The largest absolute Gasteiger partial charge is 0.357 e. The Morgan fingerprint density at radius 1 is 1.35 bits per heavy atom. The lowest BCUT2D eigenvalue weighted by atomic mass is 10.1. The van der Waals surface area contributed by atoms with Gasteiger partial charge in [0, 0.05) is 12.6 Å². The molecule has 4 nitrogen and oxygen atoms in total. The molecule has 2 N–H and O–H groups in total. The van der Waals surface area contributed by atoms with Crippen LogP contribution in [-0.2, 0) is 6.54 Å². The predicted molar refractivity (Wildman–Crippen MR) is 83.4 cm³/mol. The Labute approximate surface area is 121 Å². The minimum absolute atomic E-state index is 0.359. The molecule has 0 saturated carbocycles. The Balaban J connectivity index is 2.73. The smallest absolute Gasteiger partial charge is 0.191 e. The van der Waals surface area contributed by atoms with Crippen LogP contribution in [-0.4, -0.2) is 18.5 Å². The molecule has 1 aromatic carbocycles. The number of aliphatic imine (C=N–C) groups is 1. The highest BCUT2D eigenvalue weighted by molar-refractivity contribution is 5.80. The van der Waals surface area contributed by atoms with E-state index in [2.05, 4.69) is 42.5 Å². The third kappa shape index (κ3) is 5.31. The van der Waals surface area contributed by atoms with Gasteiger partial charge < -0.3 is 10.6 Å². The molecule has 1 aromatic rings. The highest BCUT2D eigenvalue weighted by atomic mass is 15.2. The molecular weight excluding hydrogens is 248 g/mol. The lowest BCUT2D eigenvalue weighted by Crippen LogP contribution is -2.44. The van der Waals surface area contributed by atoms with Crippen LogP contribution in [0.4, 0.5) is 0 Å². The maximum absolute atomic E-state index is 8.89. The van der Waals surface area contributed by atoms with E-state index in [1.165, 1.54) is 0 Å². The predicted octanol–water partition coefficient (Wildman–Crippen LogP) is 2.66. The second-order valence-electron chi connectivity index (χ2n) is 5.18. The van der Waals surface area contributed by atoms with Gasteiger partial charge >= 0.3 is 0 Å². The topological polar surface area (TPSA) is 60.2 Å². The zero-order chi connectivity index (χ0) is 15.0. The number of nitriles is 1. The molecule has 0 amide bonds. The number of benzene rings is 1. The van der Waals surface area contributed by atoms with Crippen LogP contribution in [0.2, 0.25) is 0 Å². The molecule has 0 saturated heterocycles. The minimum Gasteiger partial charge on any atom is -0.357 e. The van der Waals surface area contributed by atoms with E-state index in [0.29, 0.717) is 24.1 Å². The van der Waals surface area contributed by atoms with E-state index < -0.39 is 0 Å². The summed E-state index contributed by atoms with van der Waals surface area (Å²) in [4.78, 5) is 4.57. The molecule has 108 valence electrons. The van der Waals surface area contributed by atoms with Crippen molar-refractivity contribution in [2.45, 2.75) is 40.3 Å². The van der Waals surface area contributed by atoms with Crippen molar-refractivity contribution in [1.82, 2.24) is 10.6 Å². The van der Waals surface area contributed by atoms with E-state index in [0.717, 1.165) is 18.1 Å². The van der Waals surface area contributed by atoms with Crippen molar-refractivity contribution in [2.75, 3.05) is 6.54 Å². The molecule has 0 aliphatic heterocycles. The molecule has 0 spiro atoms. The molecule has 1 atom stereocenters. The van der Waals surface area contributed by atoms with E-state index in [4.69, 9.17) is 5.26 Å². The van der Waals surface area contributed by atoms with Crippen molar-refractivity contribution in [3.8, 4) is 6.07 Å². The third-order valence-corrected chi connectivity index (χ3v) is 3.18. The quantitative estimate of drug-likeness (QED) is 0.640. The number of hydrogen-bond acceptors (Lipinski definition) is 2. The molecule has 1 rings (SSSR count). The Hall–Kier alpha value is -2.02. The van der Waals surface area contributed by atoms with Gasteiger partial charge in [0.1, 0.15) is 0 Å². The van der Waals surface area contributed by atoms with E-state index in [-0.39, 0.29) is 0 Å². The summed E-state index contributed by atoms with van der Waals surface area (Å²) in [6.07, 6.45) is 0. The van der Waals surface area contributed by atoms with Crippen molar-refractivity contribution in [2.24, 2.45) is 10.9 Å². The fraction of sp³-hybridized carbons (Fsp3) is 0.500. The van der Waals surface area contributed by atoms with Crippen LogP contribution in [0, 0.1) is 17.2 Å². The number of nitrogens with one attached hydrogen (secondary N) is 2. The average molecular weight is 272 g/mol. The molecule has 1 unspecified atom stereocenters. The van der Waals surface area contributed by atoms with Gasteiger partial charge in [-0.2, -0.15) is 5.26 Å². The summed E-state index contributed by atoms with van der Waals surface area (Å²) < 4.78 is 0. The Morgan fingerprint density at radius 3 is 2.70 bits per heavy atom. The first kappa shape index (κ1) is 16.0. The Bertz CT molecular complexity index is 485. The van der Waals surface area contributed by atoms with Crippen molar-refractivity contribution in [3.05, 3.63) is 35.4 Å². The van der Waals surface area contributed by atoms with Gasteiger partial charge in [0.15, 0.2) is 5.96 Å². The molecule has 0 radical (unpaired) electrons. The van der Waals surface area contributed by atoms with Gasteiger partial charge in [0.2, 0.25) is 0 Å². The Kier molecular flexibility index (Phi) is 6.58. The van der Waals surface area contributed by atoms with Crippen LogP contribution in [0.15, 0.2) is 29.3 Å². The fourth-order valence-electron chi connectivity index (χ4n) is 1.61. The first-order valence-corrected chi connectivity index (χ1v) is 7.10. The zero-order valence-corrected chi connectivity index (χ0v) is 12.8. The number of hydrogen-bond donors (Lipinski definition) is 2. The maximum atomic E-state index is 8.89. The van der Waals surface area contributed by atoms with Gasteiger partial charge in [-0.25, -0.2) is 4.99 Å². The lowest BCUT2D eigenvalue weighted by Gasteiger charge is -2.20. The lowest BCUT2D eigenvalue weighted by molar-refractivity contribution is 0.481. The molecule has 20 heavy (non-hydrogen) atoms. The van der Waals surface area contributed by atoms with Crippen molar-refractivity contribution in [3.63, 3.8) is 0 Å². The van der Waals surface area contributed by atoms with Gasteiger partial charge in [-0.1, -0.05) is 26.0 Å². The SMILES string of the molecule is CCNC(=NCc1cccc(C#N)c1)NC(C)C(C)C. The van der Waals surface area contributed by atoms with Crippen LogP contribution in [0.25, 0.3) is 0 Å². The second-order valence-corrected chi connectivity index (χ2v) is 5.18. The molecule has 4 heteroatoms. The Morgan fingerprint density at radius 2 is 2.10 bits per heavy atom. The van der Waals surface area contributed by atoms with Gasteiger partial charge in [0.25, 0.3) is 0 Å². The van der Waals surface area contributed by atoms with E-state index in [9.17, 15) is 0 Å². The van der Waals surface area contributed by atoms with Crippen LogP contribution >= 0.6 is 0 Å². The van der Waals surface area contributed by atoms with E-state index >= 15 is 0 Å². The molecule has 0 bridgehead atoms. The zero-order valence-electron chi connectivity index (χ0n) is 12.8. The summed E-state index contributed by atoms with van der Waals surface area (Å²) >= 11 is 0. The summed E-state index contributed by atoms with van der Waals surface area (Å²) in [7, 11) is 0. The highest BCUT2D eigenvalue weighted by Gasteiger charge is 2.08. The van der Waals surface area contributed by atoms with Gasteiger partial charge in [0.05, 0.1) is 18.2 Å². The van der Waals surface area contributed by atoms with E-state index in [1.807, 2.05) is 25.1 Å². The van der Waals surface area contributed by atoms with Crippen LogP contribution in [0.1, 0.15) is 38.8 Å². The maximum Gasteiger partial charge on any atom is 0.191 e. The molecule has 0 aliphatic carbocycles. The second kappa shape index (κ2) is 8.21. The van der Waals surface area contributed by atoms with Crippen LogP contribution < -0.4 is 10.6 Å². The normalized spacial score (nSPS) is 12.9. The average Bonchev–Trinajstić information content (AvgIpc) is 2.45. The third-order valence-electron chi connectivity index (χ3n) is 3.18. The summed E-state index contributed by atoms with van der Waals surface area (Å²) in [5, 5.41) is 15.5. The van der Waals surface area contributed by atoms with E-state index in [1.54, 1.807) is 6.07 Å². The highest BCUT2D eigenvalue weighted by Crippen LogP contribution is 2.06. The first-order valence-electron chi connectivity index (χ1n) is 7.10. The minimum atomic E-state index is 0.359. The standard InChI is InChI=1S/C16H24N4/c1-5-18-16(20-13(4)12(2)3)19-11-15-8-6-7-14(9-15)10-17/h6-9,12-13H,5,11H2,1-4H3,(H2,18,19,20). The van der Waals surface area contributed by atoms with Crippen LogP contribution in [0.3, 0.4) is 0 Å². The van der Waals surface area contributed by atoms with Gasteiger partial charge in [-0.3, -0.25) is 0 Å². The monoisotopic (exact) mass is 272 g/mol. The summed E-state index contributed by atoms with van der Waals surface area (Å²) in [5.41, 5.74) is 1.71. The molecule has 0 aromatic heterocycles. The van der Waals surface area contributed by atoms with Crippen molar-refractivity contribution >= 4 is 5.96 Å². The van der Waals surface area contributed by atoms with Crippen LogP contribution in [0.5, 0.6) is 0 Å². The molecule has 0 aliphatic rings. The first-order chi connectivity index (χ1) is 9.56. The van der Waals surface area contributed by atoms with Crippen molar-refractivity contribution < 1.29 is 0 Å². The summed E-state index contributed by atoms with van der Waals surface area (Å²) in [6.45, 7) is 9.95. The number of guanidine groups is 1. The number of nitrogens with zero attached hydrogens (tertiary/aromatic N) is 2. The summed E-state index contributed by atoms with van der Waals surface area (Å²) in [5.74, 6) is 1.36. The molecule has 0 fully saturated rings.